The van der Waals surface area contributed by atoms with Crippen LogP contribution in [0.1, 0.15) is 191 Å². The van der Waals surface area contributed by atoms with Gasteiger partial charge in [0.2, 0.25) is 0 Å². The lowest BCUT2D eigenvalue weighted by atomic mass is 9.64. The second-order valence-corrected chi connectivity index (χ2v) is 35.1. The van der Waals surface area contributed by atoms with Crippen molar-refractivity contribution in [3.8, 4) is 23.0 Å². The average Bonchev–Trinajstić information content (AvgIpc) is 0.734. The molecule has 0 spiro atoms. The molecule has 19 heteroatoms. The summed E-state index contributed by atoms with van der Waals surface area (Å²) in [5.41, 5.74) is 14.3. The third-order valence-electron chi connectivity index (χ3n) is 22.0. The van der Waals surface area contributed by atoms with E-state index in [0.717, 1.165) is 56.6 Å². The van der Waals surface area contributed by atoms with Gasteiger partial charge in [-0.25, -0.2) is 4.57 Å². The number of nitro benzene ring substituents is 1. The summed E-state index contributed by atoms with van der Waals surface area (Å²) >= 11 is 0. The summed E-state index contributed by atoms with van der Waals surface area (Å²) in [6.07, 6.45) is 7.24. The van der Waals surface area contributed by atoms with Crippen LogP contribution < -0.4 is 57.2 Å². The zero-order chi connectivity index (χ0) is 88.2. The van der Waals surface area contributed by atoms with Crippen molar-refractivity contribution in [2.24, 2.45) is 7.05 Å². The number of pyridine rings is 1. The minimum absolute atomic E-state index is 0. The molecule has 5 heterocycles. The van der Waals surface area contributed by atoms with Crippen LogP contribution in [0, 0.1) is 10.1 Å². The van der Waals surface area contributed by atoms with Crippen molar-refractivity contribution in [3.05, 3.63) is 403 Å². The number of carbonyl (C=O) groups is 4. The van der Waals surface area contributed by atoms with E-state index in [1.807, 2.05) is 43.5 Å². The van der Waals surface area contributed by atoms with Crippen LogP contribution in [0.25, 0.3) is 0 Å². The van der Waals surface area contributed by atoms with Gasteiger partial charge in [-0.1, -0.05) is 277 Å². The number of aromatic nitrogens is 1. The monoisotopic (exact) mass is 1700 g/mol. The quantitative estimate of drug-likeness (QED) is 0.0279. The molecular formula is C106H113ClN6O12. The molecule has 4 aliphatic heterocycles. The molecule has 0 radical (unpaired) electrons. The number of anilines is 2. The zero-order valence-electron chi connectivity index (χ0n) is 73.6. The van der Waals surface area contributed by atoms with E-state index < -0.39 is 27.6 Å². The third kappa shape index (κ3) is 23.7. The van der Waals surface area contributed by atoms with E-state index in [9.17, 15) is 29.3 Å². The van der Waals surface area contributed by atoms with Crippen LogP contribution in [0.5, 0.6) is 23.0 Å². The molecule has 0 unspecified atom stereocenters. The number of halogens is 1. The van der Waals surface area contributed by atoms with Crippen LogP contribution in [-0.2, 0) is 49.0 Å². The van der Waals surface area contributed by atoms with Gasteiger partial charge in [-0.05, 0) is 173 Å². The largest absolute Gasteiger partial charge is 1.00 e. The Morgan fingerprint density at radius 2 is 0.616 bits per heavy atom. The summed E-state index contributed by atoms with van der Waals surface area (Å²) in [6, 6.07) is 93.3. The predicted molar refractivity (Wildman–Crippen MR) is 491 cm³/mol. The van der Waals surface area contributed by atoms with E-state index in [0.29, 0.717) is 85.1 Å². The van der Waals surface area contributed by atoms with Crippen molar-refractivity contribution in [1.82, 2.24) is 10.6 Å². The fraction of sp³-hybridized carbons (Fsp3) is 0.274. The van der Waals surface area contributed by atoms with E-state index in [1.54, 1.807) is 71.6 Å². The lowest BCUT2D eigenvalue weighted by Gasteiger charge is -2.37. The molecule has 6 bridgehead atoms. The molecule has 0 saturated heterocycles. The van der Waals surface area contributed by atoms with E-state index in [-0.39, 0.29) is 89.0 Å². The molecule has 16 rings (SSSR count). The van der Waals surface area contributed by atoms with Gasteiger partial charge >= 0.3 is 0 Å². The minimum Gasteiger partial charge on any atom is -1.00 e. The Morgan fingerprint density at radius 3 is 0.896 bits per heavy atom. The van der Waals surface area contributed by atoms with Crippen molar-refractivity contribution in [1.29, 1.82) is 0 Å². The SMILES string of the molecule is C[n+]1cc(C(=O)Nc2ccc(C(c3ccccc3)(c3ccc(C(C)(C)C)cc3)c3ccc(C(C)(C)C)cc3)cc2)cc(C(=O)Nc2ccc(C(c3ccccc3)(c3ccc(C(C)(C)C)cc3)c3ccc(C(C)(C)C)cc3)cc2)c1.O=C1NCCOc2ccc(cc2)OCCOCC=CCOCCOc2ccc(cc2)OCCNC(=O)c2cc1cc([N+](=O)[O-])c2.[Cl-]. The molecule has 0 aliphatic carbocycles. The van der Waals surface area contributed by atoms with Gasteiger partial charge < -0.3 is 62.1 Å². The maximum absolute atomic E-state index is 14.2. The number of rotatable bonds is 13. The van der Waals surface area contributed by atoms with Gasteiger partial charge in [0.05, 0.1) is 55.3 Å². The Hall–Kier alpha value is -13.0. The zero-order valence-corrected chi connectivity index (χ0v) is 74.4. The van der Waals surface area contributed by atoms with Gasteiger partial charge in [0.25, 0.3) is 29.3 Å². The number of ether oxygens (including phenoxy) is 6. The fourth-order valence-corrected chi connectivity index (χ4v) is 15.2. The molecule has 646 valence electrons. The molecular weight excluding hydrogens is 1580 g/mol. The number of hydrogen-bond donors (Lipinski definition) is 4. The number of non-ortho nitro benzene ring substituents is 1. The summed E-state index contributed by atoms with van der Waals surface area (Å²) in [6.45, 7) is 29.9. The first kappa shape index (κ1) is 92.7. The number of carbonyl (C=O) groups excluding carboxylic acids is 4. The second kappa shape index (κ2) is 41.5. The highest BCUT2D eigenvalue weighted by molar-refractivity contribution is 6.08. The van der Waals surface area contributed by atoms with Crippen molar-refractivity contribution in [2.45, 2.75) is 116 Å². The van der Waals surface area contributed by atoms with E-state index in [1.165, 1.54) is 28.3 Å². The Labute approximate surface area is 741 Å². The van der Waals surface area contributed by atoms with Crippen LogP contribution in [-0.4, -0.2) is 94.5 Å². The van der Waals surface area contributed by atoms with Crippen LogP contribution >= 0.6 is 0 Å². The topological polar surface area (TPSA) is 219 Å². The first-order valence-electron chi connectivity index (χ1n) is 42.1. The molecule has 0 fully saturated rings. The lowest BCUT2D eigenvalue weighted by molar-refractivity contribution is -0.671. The molecule has 0 saturated carbocycles. The number of benzene rings is 11. The van der Waals surface area contributed by atoms with Gasteiger partial charge in [-0.3, -0.25) is 29.3 Å². The minimum atomic E-state index is -0.672. The molecule has 0 atom stereocenters. The molecule has 1 aromatic heterocycles. The molecule has 125 heavy (non-hydrogen) atoms. The first-order valence-corrected chi connectivity index (χ1v) is 42.1. The standard InChI is InChI=1S/C74H77N3O2.C32H35N3O10.ClH/c1-69(2,3)53-24-32-59(33-25-53)73(57-20-16-14-17-21-57,60-34-26-54(27-35-60)70(4,5)6)63-40-44-65(45-41-63)75-67(78)51-48-52(50-77(13)49-51)68(79)76-66-46-42-64(43-47-66)74(58-22-18-15-19-23-58,61-36-28-55(29-37-61)71(7,8)9)62-38-30-56(31-39-62)72(10,11)12;36-31-24-21-25(23-26(22-24)35(38)39)32(37)34-12-16-43-28-5-9-30(10-6-28)45-20-18-41-14-2-1-13-40-17-19-44-29-7-3-27(4-8-29)42-15-11-33-31;/h14-50H,1-13H3,(H-,75,76,78,79);1-10,21-23H,11-20H2,(H,33,36)(H,34,37);1H. The third-order valence-corrected chi connectivity index (χ3v) is 22.0. The lowest BCUT2D eigenvalue weighted by Crippen LogP contribution is -3.00. The first-order chi connectivity index (χ1) is 59.4. The highest BCUT2D eigenvalue weighted by Gasteiger charge is 2.41. The Kier molecular flexibility index (Phi) is 30.7. The fourth-order valence-electron chi connectivity index (χ4n) is 15.2. The Morgan fingerprint density at radius 1 is 0.352 bits per heavy atom. The summed E-state index contributed by atoms with van der Waals surface area (Å²) in [5, 5.41) is 23.1. The molecule has 4 aliphatic rings. The molecule has 12 aromatic rings. The number of nitrogens with one attached hydrogen (secondary N) is 4. The highest BCUT2D eigenvalue weighted by Crippen LogP contribution is 2.49. The number of amides is 4. The van der Waals surface area contributed by atoms with Gasteiger partial charge in [0.15, 0.2) is 12.4 Å². The second-order valence-electron chi connectivity index (χ2n) is 35.1. The van der Waals surface area contributed by atoms with Crippen molar-refractivity contribution in [3.63, 3.8) is 0 Å². The van der Waals surface area contributed by atoms with E-state index >= 15 is 0 Å². The Balaban J connectivity index is 0.000000280. The molecule has 4 N–H and O–H groups in total. The summed E-state index contributed by atoms with van der Waals surface area (Å²) in [5.74, 6) is 0.644. The molecule has 18 nitrogen and oxygen atoms in total. The maximum atomic E-state index is 14.2. The van der Waals surface area contributed by atoms with Gasteiger partial charge in [0, 0.05) is 34.6 Å². The van der Waals surface area contributed by atoms with Gasteiger partial charge in [0.1, 0.15) is 67.6 Å². The summed E-state index contributed by atoms with van der Waals surface area (Å²) in [7, 11) is 1.83. The highest BCUT2D eigenvalue weighted by atomic mass is 35.5. The Bertz CT molecular complexity index is 5180. The predicted octanol–water partition coefficient (Wildman–Crippen LogP) is 17.5. The number of hydrogen-bond acceptors (Lipinski definition) is 12. The molecule has 11 aromatic carbocycles. The van der Waals surface area contributed by atoms with Crippen molar-refractivity contribution < 1.29 is 69.5 Å². The van der Waals surface area contributed by atoms with Gasteiger partial charge in [-0.2, -0.15) is 0 Å². The smallest absolute Gasteiger partial charge is 0.271 e. The van der Waals surface area contributed by atoms with Crippen LogP contribution in [0.2, 0.25) is 0 Å². The molecule has 4 amide bonds. The normalized spacial score (nSPS) is 13.7. The van der Waals surface area contributed by atoms with Crippen molar-refractivity contribution >= 4 is 40.7 Å². The number of nitrogens with zero attached hydrogens (tertiary/aromatic N) is 2. The van der Waals surface area contributed by atoms with E-state index in [2.05, 4.69) is 286 Å². The average molecular weight is 1700 g/mol. The van der Waals surface area contributed by atoms with Crippen LogP contribution in [0.15, 0.2) is 304 Å². The van der Waals surface area contributed by atoms with Crippen molar-refractivity contribution in [2.75, 3.05) is 76.6 Å². The summed E-state index contributed by atoms with van der Waals surface area (Å²) in [4.78, 5) is 64.8. The van der Waals surface area contributed by atoms with Gasteiger partial charge in [-0.15, -0.1) is 0 Å². The maximum Gasteiger partial charge on any atom is 0.271 e. The summed E-state index contributed by atoms with van der Waals surface area (Å²) < 4.78 is 35.5. The van der Waals surface area contributed by atoms with E-state index in [4.69, 9.17) is 28.4 Å². The number of nitro groups is 1. The number of aryl methyl sites for hydroxylation is 1. The van der Waals surface area contributed by atoms with Crippen LogP contribution in [0.3, 0.4) is 0 Å². The van der Waals surface area contributed by atoms with Crippen LogP contribution in [0.4, 0.5) is 17.1 Å².